The van der Waals surface area contributed by atoms with Gasteiger partial charge in [-0.1, -0.05) is 36.2 Å². The third kappa shape index (κ3) is 4.24. The van der Waals surface area contributed by atoms with Crippen LogP contribution in [-0.4, -0.2) is 46.1 Å². The van der Waals surface area contributed by atoms with Crippen molar-refractivity contribution in [3.8, 4) is 5.75 Å². The smallest absolute Gasteiger partial charge is 0.232 e. The summed E-state index contributed by atoms with van der Waals surface area (Å²) in [6.07, 6.45) is 8.68. The summed E-state index contributed by atoms with van der Waals surface area (Å²) in [5.74, 6) is 2.75. The topological polar surface area (TPSA) is 81.4 Å². The number of carbonyl (C=O) groups excluding carboxylic acids is 1. The van der Waals surface area contributed by atoms with Crippen LogP contribution in [0.1, 0.15) is 66.3 Å². The SMILES string of the molecule is COc1cccc(CC(=O)N2C[C@@H](c3cccnc3)[C@H](c3nc(C4CCCC4)no3)C2)c1. The molecule has 2 aromatic heterocycles. The molecule has 0 unspecified atom stereocenters. The zero-order chi connectivity index (χ0) is 21.9. The Hall–Kier alpha value is -3.22. The third-order valence-electron chi connectivity index (χ3n) is 6.77. The van der Waals surface area contributed by atoms with Gasteiger partial charge in [0.05, 0.1) is 19.4 Å². The number of likely N-dealkylation sites (tertiary alicyclic amines) is 1. The Morgan fingerprint density at radius 1 is 1.16 bits per heavy atom. The third-order valence-corrected chi connectivity index (χ3v) is 6.77. The fourth-order valence-electron chi connectivity index (χ4n) is 5.01. The lowest BCUT2D eigenvalue weighted by atomic mass is 9.90. The Kier molecular flexibility index (Phi) is 5.88. The van der Waals surface area contributed by atoms with Crippen molar-refractivity contribution in [2.75, 3.05) is 20.2 Å². The van der Waals surface area contributed by atoms with E-state index < -0.39 is 0 Å². The Morgan fingerprint density at radius 2 is 2.00 bits per heavy atom. The number of amides is 1. The average molecular weight is 433 g/mol. The molecule has 1 aliphatic carbocycles. The first-order valence-electron chi connectivity index (χ1n) is 11.4. The largest absolute Gasteiger partial charge is 0.497 e. The van der Waals surface area contributed by atoms with Crippen LogP contribution in [0.4, 0.5) is 0 Å². The molecular weight excluding hydrogens is 404 g/mol. The standard InChI is InChI=1S/C25H28N4O3/c1-31-20-10-4-6-17(12-20)13-23(30)29-15-21(19-9-5-11-26-14-19)22(16-29)25-27-24(28-32-25)18-7-2-3-8-18/h4-6,9-12,14,18,21-22H,2-3,7-8,13,15-16H2,1H3/t21-,22+/m0/s1. The van der Waals surface area contributed by atoms with Gasteiger partial charge in [0, 0.05) is 37.3 Å². The molecule has 166 valence electrons. The van der Waals surface area contributed by atoms with Crippen LogP contribution < -0.4 is 4.74 Å². The lowest BCUT2D eigenvalue weighted by Gasteiger charge is -2.16. The number of ether oxygens (including phenoxy) is 1. The molecule has 1 saturated carbocycles. The van der Waals surface area contributed by atoms with Gasteiger partial charge in [-0.05, 0) is 42.2 Å². The lowest BCUT2D eigenvalue weighted by Crippen LogP contribution is -2.30. The second-order valence-electron chi connectivity index (χ2n) is 8.80. The molecule has 3 aromatic rings. The van der Waals surface area contributed by atoms with Crippen molar-refractivity contribution in [3.63, 3.8) is 0 Å². The zero-order valence-corrected chi connectivity index (χ0v) is 18.3. The summed E-state index contributed by atoms with van der Waals surface area (Å²) in [7, 11) is 1.63. The minimum absolute atomic E-state index is 0.0314. The molecule has 2 atom stereocenters. The minimum Gasteiger partial charge on any atom is -0.497 e. The first kappa shape index (κ1) is 20.7. The molecule has 3 heterocycles. The number of carbonyl (C=O) groups is 1. The quantitative estimate of drug-likeness (QED) is 0.584. The van der Waals surface area contributed by atoms with Crippen LogP contribution >= 0.6 is 0 Å². The van der Waals surface area contributed by atoms with E-state index in [1.807, 2.05) is 41.4 Å². The van der Waals surface area contributed by atoms with Gasteiger partial charge in [-0.3, -0.25) is 9.78 Å². The molecule has 2 fully saturated rings. The van der Waals surface area contributed by atoms with Gasteiger partial charge < -0.3 is 14.2 Å². The summed E-state index contributed by atoms with van der Waals surface area (Å²) in [6.45, 7) is 1.18. The Bertz CT molecular complexity index is 1060. The van der Waals surface area contributed by atoms with Crippen molar-refractivity contribution in [2.45, 2.75) is 49.9 Å². The summed E-state index contributed by atoms with van der Waals surface area (Å²) in [6, 6.07) is 11.7. The Morgan fingerprint density at radius 3 is 2.78 bits per heavy atom. The van der Waals surface area contributed by atoms with E-state index in [9.17, 15) is 4.79 Å². The first-order chi connectivity index (χ1) is 15.7. The highest BCUT2D eigenvalue weighted by atomic mass is 16.5. The fraction of sp³-hybridized carbons (Fsp3) is 0.440. The van der Waals surface area contributed by atoms with E-state index >= 15 is 0 Å². The van der Waals surface area contributed by atoms with E-state index in [2.05, 4.69) is 16.2 Å². The van der Waals surface area contributed by atoms with Crippen molar-refractivity contribution in [1.29, 1.82) is 0 Å². The van der Waals surface area contributed by atoms with Gasteiger partial charge >= 0.3 is 0 Å². The predicted molar refractivity (Wildman–Crippen MR) is 119 cm³/mol. The number of benzene rings is 1. The fourth-order valence-corrected chi connectivity index (χ4v) is 5.01. The number of nitrogens with zero attached hydrogens (tertiary/aromatic N) is 4. The van der Waals surface area contributed by atoms with Crippen molar-refractivity contribution < 1.29 is 14.1 Å². The van der Waals surface area contributed by atoms with Crippen molar-refractivity contribution >= 4 is 5.91 Å². The Labute approximate surface area is 187 Å². The predicted octanol–water partition coefficient (Wildman–Crippen LogP) is 4.08. The van der Waals surface area contributed by atoms with E-state index in [0.29, 0.717) is 31.3 Å². The first-order valence-corrected chi connectivity index (χ1v) is 11.4. The number of hydrogen-bond acceptors (Lipinski definition) is 6. The monoisotopic (exact) mass is 432 g/mol. The van der Waals surface area contributed by atoms with Crippen LogP contribution in [-0.2, 0) is 11.2 Å². The van der Waals surface area contributed by atoms with Crippen molar-refractivity contribution in [1.82, 2.24) is 20.0 Å². The number of pyridine rings is 1. The molecule has 32 heavy (non-hydrogen) atoms. The zero-order valence-electron chi connectivity index (χ0n) is 18.3. The molecule has 7 heteroatoms. The summed E-state index contributed by atoms with van der Waals surface area (Å²) in [5.41, 5.74) is 2.03. The van der Waals surface area contributed by atoms with Gasteiger partial charge in [0.15, 0.2) is 5.82 Å². The number of methoxy groups -OCH3 is 1. The number of hydrogen-bond donors (Lipinski definition) is 0. The van der Waals surface area contributed by atoms with Crippen LogP contribution in [0, 0.1) is 0 Å². The van der Waals surface area contributed by atoms with Crippen LogP contribution in [0.2, 0.25) is 0 Å². The molecule has 0 radical (unpaired) electrons. The van der Waals surface area contributed by atoms with Gasteiger partial charge in [0.2, 0.25) is 11.8 Å². The number of rotatable bonds is 6. The highest BCUT2D eigenvalue weighted by molar-refractivity contribution is 5.79. The highest BCUT2D eigenvalue weighted by Crippen LogP contribution is 2.40. The van der Waals surface area contributed by atoms with Crippen molar-refractivity contribution in [3.05, 3.63) is 71.6 Å². The van der Waals surface area contributed by atoms with E-state index in [0.717, 1.165) is 35.5 Å². The van der Waals surface area contributed by atoms with Gasteiger partial charge in [-0.2, -0.15) is 4.98 Å². The van der Waals surface area contributed by atoms with Gasteiger partial charge in [0.25, 0.3) is 0 Å². The second kappa shape index (κ2) is 9.10. The van der Waals surface area contributed by atoms with E-state index in [1.54, 1.807) is 13.3 Å². The molecule has 7 nitrogen and oxygen atoms in total. The van der Waals surface area contributed by atoms with Crippen LogP contribution in [0.5, 0.6) is 5.75 Å². The normalized spacial score (nSPS) is 21.2. The molecule has 0 N–H and O–H groups in total. The maximum atomic E-state index is 13.2. The summed E-state index contributed by atoms with van der Waals surface area (Å²) in [4.78, 5) is 24.2. The summed E-state index contributed by atoms with van der Waals surface area (Å²) < 4.78 is 11.1. The molecule has 2 aliphatic rings. The molecule has 1 aromatic carbocycles. The van der Waals surface area contributed by atoms with Gasteiger partial charge in [-0.25, -0.2) is 0 Å². The summed E-state index contributed by atoms with van der Waals surface area (Å²) >= 11 is 0. The van der Waals surface area contributed by atoms with Crippen LogP contribution in [0.15, 0.2) is 53.3 Å². The molecule has 1 amide bonds. The van der Waals surface area contributed by atoms with E-state index in [1.165, 1.54) is 12.8 Å². The highest BCUT2D eigenvalue weighted by Gasteiger charge is 2.40. The van der Waals surface area contributed by atoms with Gasteiger partial charge in [0.1, 0.15) is 5.75 Å². The average Bonchev–Trinajstić information content (AvgIpc) is 3.60. The van der Waals surface area contributed by atoms with Crippen molar-refractivity contribution in [2.24, 2.45) is 0 Å². The Balaban J connectivity index is 1.37. The molecule has 1 aliphatic heterocycles. The van der Waals surface area contributed by atoms with E-state index in [4.69, 9.17) is 14.2 Å². The lowest BCUT2D eigenvalue weighted by molar-refractivity contribution is -0.129. The van der Waals surface area contributed by atoms with Crippen LogP contribution in [0.25, 0.3) is 0 Å². The second-order valence-corrected chi connectivity index (χ2v) is 8.80. The molecule has 5 rings (SSSR count). The van der Waals surface area contributed by atoms with Gasteiger partial charge in [-0.15, -0.1) is 0 Å². The molecule has 1 saturated heterocycles. The maximum absolute atomic E-state index is 13.2. The molecule has 0 spiro atoms. The molecular formula is C25H28N4O3. The van der Waals surface area contributed by atoms with Crippen LogP contribution in [0.3, 0.4) is 0 Å². The number of aromatic nitrogens is 3. The maximum Gasteiger partial charge on any atom is 0.232 e. The van der Waals surface area contributed by atoms with E-state index in [-0.39, 0.29) is 17.7 Å². The minimum atomic E-state index is -0.0314. The molecule has 0 bridgehead atoms. The summed E-state index contributed by atoms with van der Waals surface area (Å²) in [5, 5.41) is 4.31.